The van der Waals surface area contributed by atoms with Crippen molar-refractivity contribution in [3.63, 3.8) is 0 Å². The molecule has 1 aromatic rings. The molecule has 17 heavy (non-hydrogen) atoms. The molecule has 1 atom stereocenters. The van der Waals surface area contributed by atoms with E-state index in [1.54, 1.807) is 25.5 Å². The Hall–Kier alpha value is -0.910. The summed E-state index contributed by atoms with van der Waals surface area (Å²) in [6.07, 6.45) is 6.04. The molecule has 7 heteroatoms. The van der Waals surface area contributed by atoms with Crippen molar-refractivity contribution in [2.24, 2.45) is 5.73 Å². The molecule has 0 radical (unpaired) electrons. The maximum absolute atomic E-state index is 11.2. The van der Waals surface area contributed by atoms with E-state index >= 15 is 0 Å². The normalized spacial score (nSPS) is 10.7. The van der Waals surface area contributed by atoms with Crippen LogP contribution in [-0.2, 0) is 16.0 Å². The van der Waals surface area contributed by atoms with Gasteiger partial charge in [0, 0.05) is 18.6 Å². The summed E-state index contributed by atoms with van der Waals surface area (Å²) in [6.45, 7) is 2.12. The summed E-state index contributed by atoms with van der Waals surface area (Å²) in [5.41, 5.74) is 6.46. The Morgan fingerprint density at radius 1 is 1.47 bits per heavy atom. The summed E-state index contributed by atoms with van der Waals surface area (Å²) in [7, 11) is 0. The number of nitrogens with two attached hydrogens (primary N) is 1. The second-order valence-corrected chi connectivity index (χ2v) is 3.09. The first-order valence-electron chi connectivity index (χ1n) is 4.91. The zero-order valence-corrected chi connectivity index (χ0v) is 11.2. The van der Waals surface area contributed by atoms with Gasteiger partial charge in [-0.15, -0.1) is 24.8 Å². The van der Waals surface area contributed by atoms with Gasteiger partial charge in [-0.3, -0.25) is 14.8 Å². The molecule has 0 saturated heterocycles. The molecule has 0 aliphatic rings. The van der Waals surface area contributed by atoms with Gasteiger partial charge >= 0.3 is 5.97 Å². The molecule has 0 spiro atoms. The third-order valence-electron chi connectivity index (χ3n) is 1.92. The summed E-state index contributed by atoms with van der Waals surface area (Å²) < 4.78 is 4.79. The van der Waals surface area contributed by atoms with Crippen LogP contribution in [0.4, 0.5) is 0 Å². The number of aryl methyl sites for hydroxylation is 1. The van der Waals surface area contributed by atoms with Gasteiger partial charge in [-0.05, 0) is 19.8 Å². The molecular formula is C10H17Cl2N3O2. The molecule has 1 aromatic heterocycles. The van der Waals surface area contributed by atoms with E-state index in [2.05, 4.69) is 9.97 Å². The largest absolute Gasteiger partial charge is 0.465 e. The van der Waals surface area contributed by atoms with E-state index in [4.69, 9.17) is 10.5 Å². The minimum absolute atomic E-state index is 0. The summed E-state index contributed by atoms with van der Waals surface area (Å²) >= 11 is 0. The molecule has 0 aromatic carbocycles. The van der Waals surface area contributed by atoms with Crippen molar-refractivity contribution in [2.75, 3.05) is 6.61 Å². The van der Waals surface area contributed by atoms with Gasteiger partial charge in [0.05, 0.1) is 12.3 Å². The number of hydrogen-bond donors (Lipinski definition) is 1. The van der Waals surface area contributed by atoms with Crippen LogP contribution in [0.15, 0.2) is 18.6 Å². The van der Waals surface area contributed by atoms with E-state index in [9.17, 15) is 4.79 Å². The molecule has 0 aliphatic carbocycles. The van der Waals surface area contributed by atoms with Crippen LogP contribution in [0.2, 0.25) is 0 Å². The smallest absolute Gasteiger partial charge is 0.322 e. The number of halogens is 2. The lowest BCUT2D eigenvalue weighted by molar-refractivity contribution is -0.144. The maximum atomic E-state index is 11.2. The quantitative estimate of drug-likeness (QED) is 0.819. The second kappa shape index (κ2) is 10.3. The number of nitrogens with zero attached hydrogens (tertiary/aromatic N) is 2. The maximum Gasteiger partial charge on any atom is 0.322 e. The highest BCUT2D eigenvalue weighted by molar-refractivity contribution is 5.85. The molecule has 0 fully saturated rings. The van der Waals surface area contributed by atoms with Crippen molar-refractivity contribution in [3.05, 3.63) is 24.3 Å². The van der Waals surface area contributed by atoms with E-state index in [0.717, 1.165) is 5.69 Å². The SMILES string of the molecule is CCOC(=O)C(N)CCc1cnccn1.Cl.Cl. The summed E-state index contributed by atoms with van der Waals surface area (Å²) in [6, 6.07) is -0.577. The first-order chi connectivity index (χ1) is 7.24. The summed E-state index contributed by atoms with van der Waals surface area (Å²) in [4.78, 5) is 19.2. The van der Waals surface area contributed by atoms with E-state index in [-0.39, 0.29) is 30.8 Å². The van der Waals surface area contributed by atoms with Crippen molar-refractivity contribution in [1.29, 1.82) is 0 Å². The van der Waals surface area contributed by atoms with Gasteiger partial charge in [-0.25, -0.2) is 0 Å². The van der Waals surface area contributed by atoms with Crippen LogP contribution in [-0.4, -0.2) is 28.6 Å². The molecule has 0 aliphatic heterocycles. The average Bonchev–Trinajstić information content (AvgIpc) is 2.27. The van der Waals surface area contributed by atoms with Gasteiger partial charge in [0.15, 0.2) is 0 Å². The van der Waals surface area contributed by atoms with Gasteiger partial charge in [0.2, 0.25) is 0 Å². The van der Waals surface area contributed by atoms with Gasteiger partial charge < -0.3 is 10.5 Å². The highest BCUT2D eigenvalue weighted by Gasteiger charge is 2.14. The third-order valence-corrected chi connectivity index (χ3v) is 1.92. The molecule has 1 rings (SSSR count). The van der Waals surface area contributed by atoms with Crippen molar-refractivity contribution in [3.8, 4) is 0 Å². The average molecular weight is 282 g/mol. The number of carbonyl (C=O) groups excluding carboxylic acids is 1. The van der Waals surface area contributed by atoms with Crippen molar-refractivity contribution in [1.82, 2.24) is 9.97 Å². The lowest BCUT2D eigenvalue weighted by Gasteiger charge is -2.09. The third kappa shape index (κ3) is 7.10. The molecule has 0 bridgehead atoms. The Kier molecular flexibility index (Phi) is 11.1. The Morgan fingerprint density at radius 3 is 2.71 bits per heavy atom. The molecule has 1 heterocycles. The second-order valence-electron chi connectivity index (χ2n) is 3.09. The Balaban J connectivity index is 0. The molecule has 0 saturated carbocycles. The van der Waals surface area contributed by atoms with Gasteiger partial charge in [-0.2, -0.15) is 0 Å². The molecule has 1 unspecified atom stereocenters. The van der Waals surface area contributed by atoms with Crippen molar-refractivity contribution < 1.29 is 9.53 Å². The number of ether oxygens (including phenoxy) is 1. The van der Waals surface area contributed by atoms with Crippen LogP contribution < -0.4 is 5.73 Å². The van der Waals surface area contributed by atoms with E-state index in [1.165, 1.54) is 0 Å². The Morgan fingerprint density at radius 2 is 2.18 bits per heavy atom. The summed E-state index contributed by atoms with van der Waals surface area (Å²) in [5, 5.41) is 0. The zero-order chi connectivity index (χ0) is 11.1. The predicted molar refractivity (Wildman–Crippen MR) is 69.5 cm³/mol. The highest BCUT2D eigenvalue weighted by atomic mass is 35.5. The van der Waals surface area contributed by atoms with Gasteiger partial charge in [-0.1, -0.05) is 0 Å². The number of aromatic nitrogens is 2. The van der Waals surface area contributed by atoms with Crippen LogP contribution in [0.5, 0.6) is 0 Å². The number of hydrogen-bond acceptors (Lipinski definition) is 5. The standard InChI is InChI=1S/C10H15N3O2.2ClH/c1-2-15-10(14)9(11)4-3-8-7-12-5-6-13-8;;/h5-7,9H,2-4,11H2,1H3;2*1H. The molecular weight excluding hydrogens is 265 g/mol. The monoisotopic (exact) mass is 281 g/mol. The van der Waals surface area contributed by atoms with E-state index in [0.29, 0.717) is 19.4 Å². The lowest BCUT2D eigenvalue weighted by atomic mass is 10.1. The number of carbonyl (C=O) groups is 1. The fourth-order valence-electron chi connectivity index (χ4n) is 1.13. The first kappa shape index (κ1) is 18.5. The van der Waals surface area contributed by atoms with Crippen LogP contribution in [0.1, 0.15) is 19.0 Å². The molecule has 5 nitrogen and oxygen atoms in total. The molecule has 0 amide bonds. The van der Waals surface area contributed by atoms with Crippen molar-refractivity contribution >= 4 is 30.8 Å². The van der Waals surface area contributed by atoms with Crippen LogP contribution in [0.3, 0.4) is 0 Å². The topological polar surface area (TPSA) is 78.1 Å². The van der Waals surface area contributed by atoms with Crippen LogP contribution in [0, 0.1) is 0 Å². The minimum Gasteiger partial charge on any atom is -0.465 e. The van der Waals surface area contributed by atoms with Gasteiger partial charge in [0.1, 0.15) is 6.04 Å². The van der Waals surface area contributed by atoms with E-state index < -0.39 is 6.04 Å². The number of rotatable bonds is 5. The summed E-state index contributed by atoms with van der Waals surface area (Å²) in [5.74, 6) is -0.360. The lowest BCUT2D eigenvalue weighted by Crippen LogP contribution is -2.32. The molecule has 2 N–H and O–H groups in total. The van der Waals surface area contributed by atoms with Crippen LogP contribution >= 0.6 is 24.8 Å². The molecule has 98 valence electrons. The minimum atomic E-state index is -0.577. The predicted octanol–water partition coefficient (Wildman–Crippen LogP) is 1.14. The Labute approximate surface area is 113 Å². The first-order valence-corrected chi connectivity index (χ1v) is 4.91. The van der Waals surface area contributed by atoms with Crippen molar-refractivity contribution in [2.45, 2.75) is 25.8 Å². The Bertz CT molecular complexity index is 312. The van der Waals surface area contributed by atoms with Gasteiger partial charge in [0.25, 0.3) is 0 Å². The van der Waals surface area contributed by atoms with Crippen LogP contribution in [0.25, 0.3) is 0 Å². The van der Waals surface area contributed by atoms with E-state index in [1.807, 2.05) is 0 Å². The fraction of sp³-hybridized carbons (Fsp3) is 0.500. The highest BCUT2D eigenvalue weighted by Crippen LogP contribution is 2.00. The fourth-order valence-corrected chi connectivity index (χ4v) is 1.13. The number of esters is 1. The zero-order valence-electron chi connectivity index (χ0n) is 9.54.